The summed E-state index contributed by atoms with van der Waals surface area (Å²) in [4.78, 5) is 0. The molecule has 0 nitrogen and oxygen atoms in total. The number of benzene rings is 1. The Morgan fingerprint density at radius 3 is 3.00 bits per heavy atom. The molecular weight excluding hydrogens is 216 g/mol. The summed E-state index contributed by atoms with van der Waals surface area (Å²) >= 11 is 6.34. The molecule has 1 aromatic rings. The minimum absolute atomic E-state index is 0.525. The van der Waals surface area contributed by atoms with Crippen LogP contribution in [0.15, 0.2) is 18.2 Å². The highest BCUT2D eigenvalue weighted by atomic mass is 35.5. The lowest BCUT2D eigenvalue weighted by molar-refractivity contribution is 0.164. The predicted molar refractivity (Wildman–Crippen MR) is 69.0 cm³/mol. The summed E-state index contributed by atoms with van der Waals surface area (Å²) < 4.78 is 0. The van der Waals surface area contributed by atoms with Gasteiger partial charge in [0.25, 0.3) is 0 Å². The summed E-state index contributed by atoms with van der Waals surface area (Å²) in [7, 11) is 0. The van der Waals surface area contributed by atoms with Gasteiger partial charge in [0.15, 0.2) is 0 Å². The van der Waals surface area contributed by atoms with Crippen molar-refractivity contribution in [2.45, 2.75) is 45.4 Å². The fourth-order valence-electron chi connectivity index (χ4n) is 3.95. The molecule has 1 heteroatoms. The zero-order valence-corrected chi connectivity index (χ0v) is 10.8. The van der Waals surface area contributed by atoms with E-state index in [0.717, 1.165) is 16.9 Å². The van der Waals surface area contributed by atoms with Gasteiger partial charge >= 0.3 is 0 Å². The third kappa shape index (κ3) is 1.29. The molecule has 0 aromatic heterocycles. The van der Waals surface area contributed by atoms with Crippen molar-refractivity contribution in [3.05, 3.63) is 34.3 Å². The zero-order valence-electron chi connectivity index (χ0n) is 10.1. The molecule has 1 aromatic carbocycles. The van der Waals surface area contributed by atoms with Crippen molar-refractivity contribution in [1.29, 1.82) is 0 Å². The van der Waals surface area contributed by atoms with Crippen LogP contribution in [-0.2, 0) is 6.42 Å². The van der Waals surface area contributed by atoms with Crippen LogP contribution in [0.5, 0.6) is 0 Å². The zero-order chi connectivity index (χ0) is 11.3. The van der Waals surface area contributed by atoms with Gasteiger partial charge in [-0.05, 0) is 53.7 Å². The van der Waals surface area contributed by atoms with Crippen molar-refractivity contribution in [1.82, 2.24) is 0 Å². The molecule has 0 radical (unpaired) electrons. The van der Waals surface area contributed by atoms with Gasteiger partial charge in [-0.2, -0.15) is 0 Å². The first-order valence-electron chi connectivity index (χ1n) is 6.40. The van der Waals surface area contributed by atoms with E-state index in [2.05, 4.69) is 26.0 Å². The maximum Gasteiger partial charge on any atom is 0.0440 e. The number of hydrogen-bond donors (Lipinski definition) is 0. The summed E-state index contributed by atoms with van der Waals surface area (Å²) in [6.45, 7) is 4.89. The van der Waals surface area contributed by atoms with E-state index in [1.807, 2.05) is 6.07 Å². The fraction of sp³-hybridized carbons (Fsp3) is 0.600. The average Bonchev–Trinajstić information content (AvgIpc) is 2.64. The van der Waals surface area contributed by atoms with E-state index in [0.29, 0.717) is 5.41 Å². The lowest BCUT2D eigenvalue weighted by Crippen LogP contribution is -2.34. The van der Waals surface area contributed by atoms with Crippen LogP contribution in [0.2, 0.25) is 5.02 Å². The topological polar surface area (TPSA) is 0 Å². The summed E-state index contributed by atoms with van der Waals surface area (Å²) in [6, 6.07) is 6.47. The van der Waals surface area contributed by atoms with Gasteiger partial charge in [-0.25, -0.2) is 0 Å². The number of halogens is 1. The van der Waals surface area contributed by atoms with Crippen molar-refractivity contribution in [2.24, 2.45) is 11.3 Å². The first kappa shape index (κ1) is 10.7. The molecule has 0 amide bonds. The third-order valence-corrected chi connectivity index (χ3v) is 5.53. The Bertz CT molecular complexity index is 423. The minimum atomic E-state index is 0.525. The van der Waals surface area contributed by atoms with Gasteiger partial charge in [0.2, 0.25) is 0 Å². The van der Waals surface area contributed by atoms with E-state index in [4.69, 9.17) is 11.6 Å². The molecule has 1 fully saturated rings. The molecule has 0 heterocycles. The second-order valence-corrected chi connectivity index (χ2v) is 6.27. The molecule has 3 atom stereocenters. The van der Waals surface area contributed by atoms with Crippen LogP contribution in [-0.4, -0.2) is 0 Å². The predicted octanol–water partition coefficient (Wildman–Crippen LogP) is 4.81. The smallest absolute Gasteiger partial charge is 0.0440 e. The SMILES string of the molecule is C[C@@H]1Cc2c(Cl)cccc2[C@H]2CCC[C@]12C. The molecule has 0 spiro atoms. The lowest BCUT2D eigenvalue weighted by atomic mass is 9.61. The van der Waals surface area contributed by atoms with E-state index in [1.54, 1.807) is 5.56 Å². The fourth-order valence-corrected chi connectivity index (χ4v) is 4.21. The molecule has 0 aliphatic heterocycles. The molecule has 0 bridgehead atoms. The van der Waals surface area contributed by atoms with Crippen LogP contribution in [0.4, 0.5) is 0 Å². The van der Waals surface area contributed by atoms with Gasteiger partial charge in [0.1, 0.15) is 0 Å². The van der Waals surface area contributed by atoms with Gasteiger partial charge in [-0.15, -0.1) is 0 Å². The standard InChI is InChI=1S/C15H19Cl/c1-10-9-12-11(5-3-7-14(12)16)13-6-4-8-15(10,13)2/h3,5,7,10,13H,4,6,8-9H2,1-2H3/t10-,13-,15-/m1/s1. The number of rotatable bonds is 0. The maximum atomic E-state index is 6.34. The first-order chi connectivity index (χ1) is 7.63. The summed E-state index contributed by atoms with van der Waals surface area (Å²) in [5.74, 6) is 1.53. The van der Waals surface area contributed by atoms with Crippen LogP contribution in [0.3, 0.4) is 0 Å². The number of fused-ring (bicyclic) bond motifs is 3. The van der Waals surface area contributed by atoms with E-state index >= 15 is 0 Å². The molecule has 2 aliphatic rings. The molecule has 2 aliphatic carbocycles. The van der Waals surface area contributed by atoms with Gasteiger partial charge in [0.05, 0.1) is 0 Å². The Morgan fingerprint density at radius 1 is 1.38 bits per heavy atom. The Kier molecular flexibility index (Phi) is 2.33. The Balaban J connectivity index is 2.16. The van der Waals surface area contributed by atoms with Crippen molar-refractivity contribution in [3.63, 3.8) is 0 Å². The van der Waals surface area contributed by atoms with Crippen LogP contribution in [0.1, 0.15) is 50.2 Å². The molecule has 16 heavy (non-hydrogen) atoms. The van der Waals surface area contributed by atoms with Crippen LogP contribution in [0, 0.1) is 11.3 Å². The molecule has 1 saturated carbocycles. The molecule has 0 unspecified atom stereocenters. The van der Waals surface area contributed by atoms with E-state index in [1.165, 1.54) is 31.2 Å². The molecule has 3 rings (SSSR count). The summed E-state index contributed by atoms with van der Waals surface area (Å²) in [5, 5.41) is 0.985. The third-order valence-electron chi connectivity index (χ3n) is 5.17. The quantitative estimate of drug-likeness (QED) is 0.605. The highest BCUT2D eigenvalue weighted by Crippen LogP contribution is 2.58. The Hall–Kier alpha value is -0.490. The van der Waals surface area contributed by atoms with Gasteiger partial charge in [0, 0.05) is 5.02 Å². The normalized spacial score (nSPS) is 36.9. The Morgan fingerprint density at radius 2 is 2.19 bits per heavy atom. The van der Waals surface area contributed by atoms with Crippen molar-refractivity contribution >= 4 is 11.6 Å². The first-order valence-corrected chi connectivity index (χ1v) is 6.78. The van der Waals surface area contributed by atoms with Gasteiger partial charge in [-0.1, -0.05) is 44.0 Å². The van der Waals surface area contributed by atoms with Crippen LogP contribution < -0.4 is 0 Å². The molecule has 0 N–H and O–H groups in total. The highest BCUT2D eigenvalue weighted by Gasteiger charge is 2.47. The summed E-state index contributed by atoms with van der Waals surface area (Å²) in [5.41, 5.74) is 3.50. The molecule has 0 saturated heterocycles. The molecule has 86 valence electrons. The van der Waals surface area contributed by atoms with Crippen molar-refractivity contribution < 1.29 is 0 Å². The summed E-state index contributed by atoms with van der Waals surface area (Å²) in [6.07, 6.45) is 5.30. The number of hydrogen-bond acceptors (Lipinski definition) is 0. The largest absolute Gasteiger partial charge is 0.0840 e. The van der Waals surface area contributed by atoms with Crippen molar-refractivity contribution in [2.75, 3.05) is 0 Å². The maximum absolute atomic E-state index is 6.34. The average molecular weight is 235 g/mol. The van der Waals surface area contributed by atoms with E-state index in [-0.39, 0.29) is 0 Å². The lowest BCUT2D eigenvalue weighted by Gasteiger charge is -2.43. The minimum Gasteiger partial charge on any atom is -0.0840 e. The Labute approximate surface area is 103 Å². The highest BCUT2D eigenvalue weighted by molar-refractivity contribution is 6.31. The van der Waals surface area contributed by atoms with E-state index < -0.39 is 0 Å². The second-order valence-electron chi connectivity index (χ2n) is 5.86. The van der Waals surface area contributed by atoms with Crippen molar-refractivity contribution in [3.8, 4) is 0 Å². The van der Waals surface area contributed by atoms with Crippen LogP contribution >= 0.6 is 11.6 Å². The van der Waals surface area contributed by atoms with Crippen LogP contribution in [0.25, 0.3) is 0 Å². The monoisotopic (exact) mass is 234 g/mol. The second kappa shape index (κ2) is 3.50. The van der Waals surface area contributed by atoms with Gasteiger partial charge in [-0.3, -0.25) is 0 Å². The van der Waals surface area contributed by atoms with E-state index in [9.17, 15) is 0 Å². The molecular formula is C15H19Cl. The van der Waals surface area contributed by atoms with Gasteiger partial charge < -0.3 is 0 Å².